The van der Waals surface area contributed by atoms with Crippen molar-refractivity contribution in [2.24, 2.45) is 0 Å². The highest BCUT2D eigenvalue weighted by molar-refractivity contribution is 14.1. The van der Waals surface area contributed by atoms with Crippen molar-refractivity contribution in [3.63, 3.8) is 0 Å². The molecule has 2 heteroatoms. The monoisotopic (exact) mass is 198 g/mol. The molecule has 0 amide bonds. The van der Waals surface area contributed by atoms with Crippen LogP contribution in [0.25, 0.3) is 0 Å². The molecule has 1 aliphatic heterocycles. The number of hydrogen-bond donors (Lipinski definition) is 0. The highest BCUT2D eigenvalue weighted by atomic mass is 127. The van der Waals surface area contributed by atoms with Crippen molar-refractivity contribution >= 4 is 22.6 Å². The lowest BCUT2D eigenvalue weighted by molar-refractivity contribution is -0.758. The van der Waals surface area contributed by atoms with Crippen molar-refractivity contribution in [3.8, 4) is 0 Å². The summed E-state index contributed by atoms with van der Waals surface area (Å²) in [6.45, 7) is 2.81. The van der Waals surface area contributed by atoms with Crippen LogP contribution in [-0.4, -0.2) is 29.2 Å². The Balaban J connectivity index is 2.28. The van der Waals surface area contributed by atoms with E-state index in [4.69, 9.17) is 0 Å². The molecule has 0 bridgehead atoms. The van der Waals surface area contributed by atoms with Crippen molar-refractivity contribution < 1.29 is 4.48 Å². The van der Waals surface area contributed by atoms with Gasteiger partial charge in [0, 0.05) is 0 Å². The fourth-order valence-corrected chi connectivity index (χ4v) is 0.972. The summed E-state index contributed by atoms with van der Waals surface area (Å²) in [5, 5.41) is 0. The van der Waals surface area contributed by atoms with Gasteiger partial charge in [-0.15, -0.1) is 0 Å². The van der Waals surface area contributed by atoms with Gasteiger partial charge in [0.25, 0.3) is 0 Å². The van der Waals surface area contributed by atoms with Crippen LogP contribution < -0.4 is 0 Å². The van der Waals surface area contributed by atoms with E-state index in [1.807, 2.05) is 0 Å². The van der Waals surface area contributed by atoms with Crippen LogP contribution in [0, 0.1) is 0 Å². The van der Waals surface area contributed by atoms with Crippen molar-refractivity contribution in [1.29, 1.82) is 0 Å². The minimum Gasteiger partial charge on any atom is -0.309 e. The number of hydrogen-bond acceptors (Lipinski definition) is 0. The number of quaternary nitrogens is 1. The molecular weight excluding hydrogens is 189 g/mol. The molecular formula is C4H9IN+. The second-order valence-electron chi connectivity index (χ2n) is 2.19. The van der Waals surface area contributed by atoms with E-state index >= 15 is 0 Å². The van der Waals surface area contributed by atoms with Crippen LogP contribution in [-0.2, 0) is 0 Å². The summed E-state index contributed by atoms with van der Waals surface area (Å²) in [7, 11) is 2.28. The van der Waals surface area contributed by atoms with Gasteiger partial charge in [-0.3, -0.25) is 0 Å². The van der Waals surface area contributed by atoms with Gasteiger partial charge < -0.3 is 4.48 Å². The van der Waals surface area contributed by atoms with Gasteiger partial charge in [-0.2, -0.15) is 0 Å². The maximum atomic E-state index is 2.43. The highest BCUT2D eigenvalue weighted by Crippen LogP contribution is 2.17. The van der Waals surface area contributed by atoms with E-state index in [2.05, 4.69) is 29.6 Å². The molecule has 0 aromatic heterocycles. The fraction of sp³-hybridized carbons (Fsp3) is 1.00. The lowest BCUT2D eigenvalue weighted by Crippen LogP contribution is -2.15. The quantitative estimate of drug-likeness (QED) is 0.192. The second-order valence-corrected chi connectivity index (χ2v) is 2.87. The number of alkyl halides is 1. The first-order valence-electron chi connectivity index (χ1n) is 2.16. The molecule has 1 fully saturated rings. The first-order valence-corrected chi connectivity index (χ1v) is 3.69. The molecule has 0 atom stereocenters. The summed E-state index contributed by atoms with van der Waals surface area (Å²) in [4.78, 5) is 0. The van der Waals surface area contributed by atoms with Gasteiger partial charge in [0.15, 0.2) is 0 Å². The Morgan fingerprint density at radius 2 is 2.17 bits per heavy atom. The average Bonchev–Trinajstić information content (AvgIpc) is 2.22. The van der Waals surface area contributed by atoms with Crippen LogP contribution in [0.1, 0.15) is 0 Å². The summed E-state index contributed by atoms with van der Waals surface area (Å²) < 4.78 is 2.60. The Morgan fingerprint density at radius 3 is 2.17 bits per heavy atom. The van der Waals surface area contributed by atoms with Gasteiger partial charge in [0.2, 0.25) is 0 Å². The van der Waals surface area contributed by atoms with Crippen molar-refractivity contribution in [2.45, 2.75) is 0 Å². The van der Waals surface area contributed by atoms with E-state index in [0.29, 0.717) is 0 Å². The van der Waals surface area contributed by atoms with Gasteiger partial charge >= 0.3 is 0 Å². The maximum absolute atomic E-state index is 2.43. The van der Waals surface area contributed by atoms with E-state index < -0.39 is 0 Å². The average molecular weight is 198 g/mol. The summed E-state index contributed by atoms with van der Waals surface area (Å²) in [6, 6.07) is 0. The Hall–Kier alpha value is 0.690. The smallest absolute Gasteiger partial charge is 0.129 e. The summed E-state index contributed by atoms with van der Waals surface area (Å²) in [5.74, 6) is 0. The van der Waals surface area contributed by atoms with Crippen LogP contribution in [0.15, 0.2) is 0 Å². The molecule has 0 N–H and O–H groups in total. The zero-order valence-electron chi connectivity index (χ0n) is 3.95. The summed E-state index contributed by atoms with van der Waals surface area (Å²) in [5.41, 5.74) is 0. The lowest BCUT2D eigenvalue weighted by Gasteiger charge is -2.02. The van der Waals surface area contributed by atoms with E-state index in [1.165, 1.54) is 22.1 Å². The van der Waals surface area contributed by atoms with Gasteiger partial charge in [-0.25, -0.2) is 0 Å². The topological polar surface area (TPSA) is 0 Å². The predicted octanol–water partition coefficient (Wildman–Crippen LogP) is 0.839. The molecule has 0 unspecified atom stereocenters. The third-order valence-electron chi connectivity index (χ3n) is 1.28. The van der Waals surface area contributed by atoms with Crippen LogP contribution in [0.2, 0.25) is 0 Å². The molecule has 1 aliphatic rings. The van der Waals surface area contributed by atoms with Gasteiger partial charge in [-0.1, -0.05) is 0 Å². The third kappa shape index (κ3) is 0.846. The normalized spacial score (nSPS) is 27.0. The molecule has 1 nitrogen and oxygen atoms in total. The molecule has 0 aromatic carbocycles. The molecule has 0 aliphatic carbocycles. The van der Waals surface area contributed by atoms with Crippen molar-refractivity contribution in [3.05, 3.63) is 0 Å². The standard InChI is InChI=1S/C4H9IN/c1-6(4-5)2-3-6/h2-4H2,1H3/q+1. The predicted molar refractivity (Wildman–Crippen MR) is 34.8 cm³/mol. The highest BCUT2D eigenvalue weighted by Gasteiger charge is 2.34. The lowest BCUT2D eigenvalue weighted by atomic mass is 11.0. The SMILES string of the molecule is C[N+]1(CI)CC1. The largest absolute Gasteiger partial charge is 0.309 e. The molecule has 0 radical (unpaired) electrons. The molecule has 6 heavy (non-hydrogen) atoms. The summed E-state index contributed by atoms with van der Waals surface area (Å²) >= 11 is 2.43. The Labute approximate surface area is 52.1 Å². The molecule has 0 spiro atoms. The molecule has 1 heterocycles. The third-order valence-corrected chi connectivity index (χ3v) is 2.92. The first-order chi connectivity index (χ1) is 2.77. The van der Waals surface area contributed by atoms with E-state index in [9.17, 15) is 0 Å². The second kappa shape index (κ2) is 1.33. The van der Waals surface area contributed by atoms with E-state index in [1.54, 1.807) is 0 Å². The fourth-order valence-electron chi connectivity index (χ4n) is 0.290. The van der Waals surface area contributed by atoms with Crippen LogP contribution in [0.3, 0.4) is 0 Å². The molecule has 1 saturated heterocycles. The van der Waals surface area contributed by atoms with Crippen LogP contribution in [0.4, 0.5) is 0 Å². The maximum Gasteiger partial charge on any atom is 0.129 e. The minimum atomic E-state index is 1.29. The molecule has 1 rings (SSSR count). The Bertz CT molecular complexity index is 58.6. The van der Waals surface area contributed by atoms with Crippen LogP contribution in [0.5, 0.6) is 0 Å². The number of rotatable bonds is 1. The molecule has 36 valence electrons. The zero-order valence-corrected chi connectivity index (χ0v) is 6.10. The van der Waals surface area contributed by atoms with E-state index in [-0.39, 0.29) is 0 Å². The minimum absolute atomic E-state index is 1.29. The van der Waals surface area contributed by atoms with Gasteiger partial charge in [0.05, 0.1) is 7.05 Å². The van der Waals surface area contributed by atoms with Crippen molar-refractivity contribution in [1.82, 2.24) is 0 Å². The van der Waals surface area contributed by atoms with Crippen LogP contribution >= 0.6 is 22.6 Å². The van der Waals surface area contributed by atoms with Gasteiger partial charge in [0.1, 0.15) is 17.6 Å². The molecule has 0 aromatic rings. The Morgan fingerprint density at radius 1 is 1.67 bits per heavy atom. The number of nitrogens with zero attached hydrogens (tertiary/aromatic N) is 1. The van der Waals surface area contributed by atoms with Gasteiger partial charge in [-0.05, 0) is 22.6 Å². The van der Waals surface area contributed by atoms with E-state index in [0.717, 1.165) is 0 Å². The zero-order chi connectivity index (χ0) is 4.62. The number of likely N-dealkylation sites (N-methyl/N-ethyl adjacent to an activating group) is 1. The Kier molecular flexibility index (Phi) is 1.08. The summed E-state index contributed by atoms with van der Waals surface area (Å²) in [6.07, 6.45) is 0. The first kappa shape index (κ1) is 4.84. The molecule has 0 saturated carbocycles. The number of halogens is 1. The van der Waals surface area contributed by atoms with Crippen molar-refractivity contribution in [2.75, 3.05) is 24.7 Å².